The van der Waals surface area contributed by atoms with Crippen molar-refractivity contribution in [3.63, 3.8) is 0 Å². The second-order valence-corrected chi connectivity index (χ2v) is 21.4. The van der Waals surface area contributed by atoms with Crippen LogP contribution in [0.4, 0.5) is 0 Å². The smallest absolute Gasteiger partial charge is 0.329 e. The third-order valence-electron chi connectivity index (χ3n) is 15.7. The zero-order valence-corrected chi connectivity index (χ0v) is 45.6. The van der Waals surface area contributed by atoms with Gasteiger partial charge in [0.1, 0.15) is 35.8 Å². The second-order valence-electron chi connectivity index (χ2n) is 21.4. The summed E-state index contributed by atoms with van der Waals surface area (Å²) in [6.45, 7) is 13.9. The summed E-state index contributed by atoms with van der Waals surface area (Å²) in [6, 6.07) is -1.15. The van der Waals surface area contributed by atoms with E-state index in [0.29, 0.717) is 82.5 Å². The van der Waals surface area contributed by atoms with E-state index in [2.05, 4.69) is 15.4 Å². The molecule has 4 aliphatic rings. The normalized spacial score (nSPS) is 36.9. The lowest BCUT2D eigenvalue weighted by molar-refractivity contribution is -0.265. The van der Waals surface area contributed by atoms with Crippen molar-refractivity contribution in [1.29, 1.82) is 0 Å². The molecule has 2 saturated heterocycles. The lowest BCUT2D eigenvalue weighted by Crippen LogP contribution is -2.61. The van der Waals surface area contributed by atoms with Gasteiger partial charge in [-0.2, -0.15) is 0 Å². The molecule has 3 fully saturated rings. The van der Waals surface area contributed by atoms with Gasteiger partial charge in [0.2, 0.25) is 5.79 Å². The summed E-state index contributed by atoms with van der Waals surface area (Å²) >= 11 is 0. The van der Waals surface area contributed by atoms with Crippen LogP contribution in [-0.2, 0) is 63.7 Å². The number of methoxy groups -OCH3 is 3. The first-order valence-corrected chi connectivity index (χ1v) is 26.8. The van der Waals surface area contributed by atoms with Crippen LogP contribution in [0.5, 0.6) is 0 Å². The molecule has 15 atom stereocenters. The third-order valence-corrected chi connectivity index (χ3v) is 15.7. The second kappa shape index (κ2) is 29.3. The summed E-state index contributed by atoms with van der Waals surface area (Å²) in [5.41, 5.74) is 1.96. The number of aliphatic hydroxyl groups is 2. The Labute approximate surface area is 438 Å². The van der Waals surface area contributed by atoms with Gasteiger partial charge in [0.25, 0.3) is 11.7 Å². The van der Waals surface area contributed by atoms with Gasteiger partial charge in [0.15, 0.2) is 5.78 Å². The van der Waals surface area contributed by atoms with Gasteiger partial charge >= 0.3 is 5.97 Å². The summed E-state index contributed by atoms with van der Waals surface area (Å²) in [7, 11) is 4.62. The fourth-order valence-corrected chi connectivity index (χ4v) is 11.0. The number of aromatic nitrogens is 3. The lowest BCUT2D eigenvalue weighted by atomic mass is 9.78. The molecule has 5 rings (SSSR count). The number of hydrogen-bond donors (Lipinski definition) is 3. The number of H-pyrrole nitrogens is 1. The van der Waals surface area contributed by atoms with Crippen LogP contribution in [0.3, 0.4) is 0 Å². The van der Waals surface area contributed by atoms with Gasteiger partial charge in [-0.15, -0.1) is 5.10 Å². The average molecular weight is 1040 g/mol. The van der Waals surface area contributed by atoms with Crippen molar-refractivity contribution in [3.05, 3.63) is 59.5 Å². The minimum absolute atomic E-state index is 0.0121. The molecule has 1 aliphatic carbocycles. The molecule has 0 unspecified atom stereocenters. The summed E-state index contributed by atoms with van der Waals surface area (Å²) in [6.07, 6.45) is 13.7. The molecular weight excluding hydrogens is 953 g/mol. The Hall–Kier alpha value is -4.27. The van der Waals surface area contributed by atoms with E-state index >= 15 is 0 Å². The Bertz CT molecular complexity index is 2110. The zero-order chi connectivity index (χ0) is 54.1. The van der Waals surface area contributed by atoms with Crippen LogP contribution < -0.4 is 0 Å². The maximum Gasteiger partial charge on any atom is 0.329 e. The van der Waals surface area contributed by atoms with E-state index in [1.54, 1.807) is 47.3 Å². The number of piperidine rings is 1. The van der Waals surface area contributed by atoms with E-state index in [-0.39, 0.29) is 60.9 Å². The predicted octanol–water partition coefficient (Wildman–Crippen LogP) is 6.54. The van der Waals surface area contributed by atoms with E-state index in [1.165, 1.54) is 12.0 Å². The fraction of sp³-hybridized carbons (Fsp3) is 0.732. The first kappa shape index (κ1) is 60.6. The minimum Gasteiger partial charge on any atom is -0.460 e. The van der Waals surface area contributed by atoms with Crippen LogP contribution in [-0.4, -0.2) is 155 Å². The SMILES string of the molecule is CO[C@H]1C[C@@H]2CC[C@@H](C)[C@@](O)(O2)C(=O)C(=O)N2CCCC[C@H]2C(=O)O[C@H]([C@H](C)C[C@@H]2CC[C@@H](OCCOCc3c[nH]nn3)[C@H](OC)C2)CC(=O)[C@H](C)/C=C(\C)[C@@H](O)[C@@H](OC)C(=O)[C@H](C)C[C@H](C)/C=C/C=C/C=C/1C. The predicted molar refractivity (Wildman–Crippen MR) is 275 cm³/mol. The van der Waals surface area contributed by atoms with E-state index in [9.17, 15) is 34.2 Å². The largest absolute Gasteiger partial charge is 0.460 e. The molecule has 3 N–H and O–H groups in total. The number of nitrogens with zero attached hydrogens (tertiary/aromatic N) is 3. The van der Waals surface area contributed by atoms with Crippen LogP contribution in [0.25, 0.3) is 0 Å². The number of allylic oxidation sites excluding steroid dienone is 6. The van der Waals surface area contributed by atoms with Crippen molar-refractivity contribution >= 4 is 29.2 Å². The molecule has 3 aliphatic heterocycles. The number of fused-ring (bicyclic) bond motifs is 3. The van der Waals surface area contributed by atoms with Crippen LogP contribution >= 0.6 is 0 Å². The summed E-state index contributed by atoms with van der Waals surface area (Å²) in [4.78, 5) is 72.6. The topological polar surface area (TPSA) is 235 Å². The first-order chi connectivity index (χ1) is 35.3. The minimum atomic E-state index is -2.44. The number of Topliss-reactive ketones (excluding diaryl/α,β-unsaturated/α-hetero) is 3. The molecular formula is C56H86N4O14. The summed E-state index contributed by atoms with van der Waals surface area (Å²) in [5, 5.41) is 33.8. The molecule has 0 spiro atoms. The van der Waals surface area contributed by atoms with Gasteiger partial charge in [-0.05, 0) is 107 Å². The third kappa shape index (κ3) is 16.6. The summed E-state index contributed by atoms with van der Waals surface area (Å²) in [5.74, 6) is -7.99. The molecule has 414 valence electrons. The molecule has 1 aromatic heterocycles. The fourth-order valence-electron chi connectivity index (χ4n) is 11.0. The number of aliphatic hydroxyl groups excluding tert-OH is 1. The molecule has 0 aromatic carbocycles. The van der Waals surface area contributed by atoms with Gasteiger partial charge in [-0.1, -0.05) is 76.3 Å². The maximum absolute atomic E-state index is 14.6. The van der Waals surface area contributed by atoms with Gasteiger partial charge in [0.05, 0.1) is 44.2 Å². The number of esters is 1. The Kier molecular flexibility index (Phi) is 24.0. The van der Waals surface area contributed by atoms with Crippen LogP contribution in [0.1, 0.15) is 131 Å². The number of rotatable bonds is 12. The number of aromatic amines is 1. The highest BCUT2D eigenvalue weighted by molar-refractivity contribution is 6.39. The summed E-state index contributed by atoms with van der Waals surface area (Å²) < 4.78 is 41.8. The molecule has 1 aromatic rings. The number of carbonyl (C=O) groups is 5. The average Bonchev–Trinajstić information content (AvgIpc) is 3.91. The van der Waals surface area contributed by atoms with E-state index in [0.717, 1.165) is 18.4 Å². The molecule has 4 heterocycles. The van der Waals surface area contributed by atoms with Crippen molar-refractivity contribution in [3.8, 4) is 0 Å². The Morgan fingerprint density at radius 1 is 0.878 bits per heavy atom. The van der Waals surface area contributed by atoms with Crippen molar-refractivity contribution in [1.82, 2.24) is 20.3 Å². The standard InChI is InChI=1S/C56H86N4O14/c1-34-16-12-11-13-17-35(2)47(68-8)30-43-21-19-40(7)56(67,74-43)53(64)54(65)60-23-15-14-18-44(60)55(66)73-48(31-45(61)36(3)27-39(6)51(63)52(70-10)50(62)38(5)26-34)37(4)28-41-20-22-46(49(29-41)69-9)72-25-24-71-33-42-32-57-59-58-42/h11-13,16-17,27,32,34,36-38,40-41,43-44,46-49,51-52,63,67H,14-15,18-26,28-31,33H2,1-10H3,(H,57,58,59)/b13-11+,16-12+,35-17+,39-27+/t34-,36-,37-,38-,40-,41+,43+,44+,46-,47+,48+,49-,51-,52+,56-/m1/s1. The van der Waals surface area contributed by atoms with Gasteiger partial charge in [-0.25, -0.2) is 4.79 Å². The van der Waals surface area contributed by atoms with Crippen molar-refractivity contribution in [2.45, 2.75) is 187 Å². The molecule has 2 bridgehead atoms. The van der Waals surface area contributed by atoms with Crippen LogP contribution in [0, 0.1) is 35.5 Å². The van der Waals surface area contributed by atoms with Crippen LogP contribution in [0.15, 0.2) is 53.8 Å². The highest BCUT2D eigenvalue weighted by atomic mass is 16.6. The highest BCUT2D eigenvalue weighted by Crippen LogP contribution is 2.38. The zero-order valence-electron chi connectivity index (χ0n) is 45.6. The Morgan fingerprint density at radius 3 is 2.35 bits per heavy atom. The van der Waals surface area contributed by atoms with Crippen molar-refractivity contribution in [2.24, 2.45) is 35.5 Å². The number of ether oxygens (including phenoxy) is 7. The highest BCUT2D eigenvalue weighted by Gasteiger charge is 2.53. The number of ketones is 3. The van der Waals surface area contributed by atoms with Crippen LogP contribution in [0.2, 0.25) is 0 Å². The lowest BCUT2D eigenvalue weighted by Gasteiger charge is -2.42. The van der Waals surface area contributed by atoms with Crippen molar-refractivity contribution in [2.75, 3.05) is 41.1 Å². The van der Waals surface area contributed by atoms with E-state index < -0.39 is 77.8 Å². The maximum atomic E-state index is 14.6. The number of amides is 1. The van der Waals surface area contributed by atoms with Gasteiger partial charge < -0.3 is 48.3 Å². The van der Waals surface area contributed by atoms with Gasteiger partial charge in [0, 0.05) is 64.7 Å². The molecule has 18 heteroatoms. The van der Waals surface area contributed by atoms with Crippen molar-refractivity contribution < 1.29 is 67.3 Å². The van der Waals surface area contributed by atoms with E-state index in [1.807, 2.05) is 58.1 Å². The molecule has 18 nitrogen and oxygen atoms in total. The number of nitrogens with one attached hydrogen (secondary N) is 1. The molecule has 1 saturated carbocycles. The molecule has 0 radical (unpaired) electrons. The number of cyclic esters (lactones) is 1. The number of carbonyl (C=O) groups excluding carboxylic acids is 5. The Morgan fingerprint density at radius 2 is 1.65 bits per heavy atom. The monoisotopic (exact) mass is 1040 g/mol. The quantitative estimate of drug-likeness (QED) is 0.0872. The molecule has 1 amide bonds. The van der Waals surface area contributed by atoms with Gasteiger partial charge in [-0.3, -0.25) is 24.3 Å². The van der Waals surface area contributed by atoms with E-state index in [4.69, 9.17) is 33.2 Å². The number of hydrogen-bond acceptors (Lipinski definition) is 16. The molecule has 74 heavy (non-hydrogen) atoms. The first-order valence-electron chi connectivity index (χ1n) is 26.8. The Balaban J connectivity index is 1.40.